The van der Waals surface area contributed by atoms with Gasteiger partial charge in [-0.15, -0.1) is 0 Å². The van der Waals surface area contributed by atoms with Gasteiger partial charge in [0.25, 0.3) is 0 Å². The Morgan fingerprint density at radius 3 is 2.60 bits per heavy atom. The molecule has 1 fully saturated rings. The van der Waals surface area contributed by atoms with Gasteiger partial charge in [-0.25, -0.2) is 0 Å². The maximum atomic E-state index is 8.43. The van der Waals surface area contributed by atoms with Gasteiger partial charge in [0.05, 0.1) is 5.71 Å². The first-order valence-electron chi connectivity index (χ1n) is 3.68. The van der Waals surface area contributed by atoms with Crippen molar-refractivity contribution in [3.05, 3.63) is 0 Å². The van der Waals surface area contributed by atoms with Crippen molar-refractivity contribution < 1.29 is 5.21 Å². The SMILES string of the molecule is CC(C)N1CC/C(=N/O)C1. The van der Waals surface area contributed by atoms with Gasteiger partial charge in [0.2, 0.25) is 0 Å². The van der Waals surface area contributed by atoms with Crippen molar-refractivity contribution >= 4 is 5.71 Å². The molecular weight excluding hydrogens is 128 g/mol. The van der Waals surface area contributed by atoms with E-state index in [0.29, 0.717) is 6.04 Å². The molecule has 0 amide bonds. The van der Waals surface area contributed by atoms with Gasteiger partial charge < -0.3 is 5.21 Å². The molecule has 1 aliphatic heterocycles. The molecule has 0 atom stereocenters. The minimum absolute atomic E-state index is 0.569. The summed E-state index contributed by atoms with van der Waals surface area (Å²) < 4.78 is 0. The van der Waals surface area contributed by atoms with Crippen molar-refractivity contribution in [1.29, 1.82) is 0 Å². The van der Waals surface area contributed by atoms with Gasteiger partial charge in [-0.1, -0.05) is 5.16 Å². The van der Waals surface area contributed by atoms with E-state index in [-0.39, 0.29) is 0 Å². The summed E-state index contributed by atoms with van der Waals surface area (Å²) in [6.45, 7) is 6.19. The Morgan fingerprint density at radius 2 is 2.30 bits per heavy atom. The van der Waals surface area contributed by atoms with Crippen molar-refractivity contribution in [1.82, 2.24) is 4.90 Å². The number of nitrogens with zero attached hydrogens (tertiary/aromatic N) is 2. The summed E-state index contributed by atoms with van der Waals surface area (Å²) in [5, 5.41) is 11.6. The zero-order valence-electron chi connectivity index (χ0n) is 6.54. The van der Waals surface area contributed by atoms with Crippen molar-refractivity contribution in [2.24, 2.45) is 5.16 Å². The first-order valence-corrected chi connectivity index (χ1v) is 3.68. The Bertz CT molecular complexity index is 143. The lowest BCUT2D eigenvalue weighted by atomic mass is 10.3. The second-order valence-corrected chi connectivity index (χ2v) is 2.98. The fourth-order valence-electron chi connectivity index (χ4n) is 1.19. The molecule has 3 nitrogen and oxygen atoms in total. The van der Waals surface area contributed by atoms with E-state index in [1.54, 1.807) is 0 Å². The molecular formula is C7H14N2O. The molecule has 3 heteroatoms. The summed E-state index contributed by atoms with van der Waals surface area (Å²) in [6.07, 6.45) is 0.925. The summed E-state index contributed by atoms with van der Waals surface area (Å²) in [6, 6.07) is 0.569. The average Bonchev–Trinajstić information content (AvgIpc) is 2.34. The Morgan fingerprint density at radius 1 is 1.60 bits per heavy atom. The molecule has 0 aromatic heterocycles. The third kappa shape index (κ3) is 1.48. The summed E-state index contributed by atoms with van der Waals surface area (Å²) >= 11 is 0. The summed E-state index contributed by atoms with van der Waals surface area (Å²) in [7, 11) is 0. The average molecular weight is 142 g/mol. The number of hydrogen-bond donors (Lipinski definition) is 1. The molecule has 1 aliphatic rings. The van der Waals surface area contributed by atoms with Crippen LogP contribution in [0.2, 0.25) is 0 Å². The molecule has 0 spiro atoms. The Hall–Kier alpha value is -0.570. The van der Waals surface area contributed by atoms with E-state index in [4.69, 9.17) is 5.21 Å². The predicted molar refractivity (Wildman–Crippen MR) is 40.5 cm³/mol. The molecule has 0 aromatic carbocycles. The van der Waals surface area contributed by atoms with Crippen molar-refractivity contribution in [2.75, 3.05) is 13.1 Å². The Balaban J connectivity index is 2.43. The molecule has 0 bridgehead atoms. The number of rotatable bonds is 1. The molecule has 0 unspecified atom stereocenters. The van der Waals surface area contributed by atoms with Gasteiger partial charge in [-0.05, 0) is 13.8 Å². The van der Waals surface area contributed by atoms with Gasteiger partial charge in [0.15, 0.2) is 0 Å². The van der Waals surface area contributed by atoms with Crippen LogP contribution in [0, 0.1) is 0 Å². The van der Waals surface area contributed by atoms with Crippen LogP contribution in [0.15, 0.2) is 5.16 Å². The molecule has 1 N–H and O–H groups in total. The lowest BCUT2D eigenvalue weighted by Crippen LogP contribution is -2.28. The molecule has 10 heavy (non-hydrogen) atoms. The van der Waals surface area contributed by atoms with Gasteiger partial charge in [0.1, 0.15) is 0 Å². The number of hydrogen-bond acceptors (Lipinski definition) is 3. The lowest BCUT2D eigenvalue weighted by Gasteiger charge is -2.17. The summed E-state index contributed by atoms with van der Waals surface area (Å²) in [5.74, 6) is 0. The van der Waals surface area contributed by atoms with Gasteiger partial charge in [-0.2, -0.15) is 0 Å². The van der Waals surface area contributed by atoms with Crippen LogP contribution in [-0.4, -0.2) is 35.0 Å². The molecule has 0 radical (unpaired) electrons. The van der Waals surface area contributed by atoms with Crippen LogP contribution in [0.5, 0.6) is 0 Å². The third-order valence-electron chi connectivity index (χ3n) is 1.94. The highest BCUT2D eigenvalue weighted by Gasteiger charge is 2.19. The number of oxime groups is 1. The second-order valence-electron chi connectivity index (χ2n) is 2.98. The van der Waals surface area contributed by atoms with Crippen LogP contribution in [-0.2, 0) is 0 Å². The fraction of sp³-hybridized carbons (Fsp3) is 0.857. The van der Waals surface area contributed by atoms with E-state index < -0.39 is 0 Å². The fourth-order valence-corrected chi connectivity index (χ4v) is 1.19. The lowest BCUT2D eigenvalue weighted by molar-refractivity contribution is 0.281. The van der Waals surface area contributed by atoms with Crippen molar-refractivity contribution in [3.8, 4) is 0 Å². The van der Waals surface area contributed by atoms with Crippen molar-refractivity contribution in [2.45, 2.75) is 26.3 Å². The van der Waals surface area contributed by atoms with Gasteiger partial charge in [-0.3, -0.25) is 4.90 Å². The smallest absolute Gasteiger partial charge is 0.0723 e. The topological polar surface area (TPSA) is 35.8 Å². The highest BCUT2D eigenvalue weighted by molar-refractivity contribution is 5.87. The van der Waals surface area contributed by atoms with E-state index in [1.807, 2.05) is 0 Å². The van der Waals surface area contributed by atoms with E-state index >= 15 is 0 Å². The molecule has 58 valence electrons. The monoisotopic (exact) mass is 142 g/mol. The minimum atomic E-state index is 0.569. The molecule has 1 heterocycles. The zero-order chi connectivity index (χ0) is 7.56. The van der Waals surface area contributed by atoms with E-state index in [9.17, 15) is 0 Å². The van der Waals surface area contributed by atoms with E-state index in [0.717, 1.165) is 25.2 Å². The highest BCUT2D eigenvalue weighted by Crippen LogP contribution is 2.08. The highest BCUT2D eigenvalue weighted by atomic mass is 16.4. The number of likely N-dealkylation sites (tertiary alicyclic amines) is 1. The molecule has 0 aliphatic carbocycles. The summed E-state index contributed by atoms with van der Waals surface area (Å²) in [5.41, 5.74) is 0.911. The maximum Gasteiger partial charge on any atom is 0.0723 e. The van der Waals surface area contributed by atoms with Gasteiger partial charge in [0, 0.05) is 25.6 Å². The second kappa shape index (κ2) is 3.01. The van der Waals surface area contributed by atoms with Crippen LogP contribution in [0.4, 0.5) is 0 Å². The molecule has 0 saturated carbocycles. The Labute approximate surface area is 61.3 Å². The van der Waals surface area contributed by atoms with E-state index in [2.05, 4.69) is 23.9 Å². The maximum absolute atomic E-state index is 8.43. The Kier molecular flexibility index (Phi) is 2.27. The van der Waals surface area contributed by atoms with Crippen LogP contribution in [0.25, 0.3) is 0 Å². The quantitative estimate of drug-likeness (QED) is 0.436. The normalized spacial score (nSPS) is 24.9. The molecule has 1 rings (SSSR count). The predicted octanol–water partition coefficient (Wildman–Crippen LogP) is 0.931. The zero-order valence-corrected chi connectivity index (χ0v) is 6.54. The standard InChI is InChI=1S/C7H14N2O/c1-6(2)9-4-3-7(5-9)8-10/h6,10H,3-5H2,1-2H3/b8-7-. The first-order chi connectivity index (χ1) is 4.74. The summed E-state index contributed by atoms with van der Waals surface area (Å²) in [4.78, 5) is 2.29. The van der Waals surface area contributed by atoms with Crippen LogP contribution in [0.3, 0.4) is 0 Å². The van der Waals surface area contributed by atoms with Crippen molar-refractivity contribution in [3.63, 3.8) is 0 Å². The van der Waals surface area contributed by atoms with Crippen LogP contribution < -0.4 is 0 Å². The molecule has 0 aromatic rings. The van der Waals surface area contributed by atoms with E-state index in [1.165, 1.54) is 0 Å². The minimum Gasteiger partial charge on any atom is -0.411 e. The largest absolute Gasteiger partial charge is 0.411 e. The van der Waals surface area contributed by atoms with Crippen LogP contribution in [0.1, 0.15) is 20.3 Å². The van der Waals surface area contributed by atoms with Gasteiger partial charge >= 0.3 is 0 Å². The third-order valence-corrected chi connectivity index (χ3v) is 1.94. The first kappa shape index (κ1) is 7.54. The van der Waals surface area contributed by atoms with Crippen LogP contribution >= 0.6 is 0 Å². The molecule has 1 saturated heterocycles.